The molecule has 2 aromatic rings. The van der Waals surface area contributed by atoms with Crippen molar-refractivity contribution in [2.24, 2.45) is 0 Å². The van der Waals surface area contributed by atoms with E-state index < -0.39 is 0 Å². The Morgan fingerprint density at radius 2 is 2.11 bits per heavy atom. The first kappa shape index (κ1) is 11.9. The van der Waals surface area contributed by atoms with Crippen LogP contribution in [0.3, 0.4) is 0 Å². The fraction of sp³-hybridized carbons (Fsp3) is 0.429. The predicted octanol–water partition coefficient (Wildman–Crippen LogP) is 3.27. The maximum Gasteiger partial charge on any atom is 0.148 e. The number of hydrogen-bond donors (Lipinski definition) is 1. The van der Waals surface area contributed by atoms with Crippen molar-refractivity contribution < 1.29 is 0 Å². The number of halogens is 1. The van der Waals surface area contributed by atoms with Gasteiger partial charge in [0.05, 0.1) is 11.1 Å². The molecule has 0 bridgehead atoms. The Morgan fingerprint density at radius 1 is 1.33 bits per heavy atom. The molecule has 94 valence electrons. The molecule has 0 radical (unpaired) electrons. The molecule has 0 amide bonds. The smallest absolute Gasteiger partial charge is 0.148 e. The largest absolute Gasteiger partial charge is 0.303 e. The van der Waals surface area contributed by atoms with Crippen LogP contribution in [0.25, 0.3) is 10.9 Å². The van der Waals surface area contributed by atoms with Gasteiger partial charge in [-0.05, 0) is 44.9 Å². The van der Waals surface area contributed by atoms with Gasteiger partial charge in [-0.3, -0.25) is 0 Å². The molecular formula is C14H16ClN3. The second-order valence-electron chi connectivity index (χ2n) is 5.28. The van der Waals surface area contributed by atoms with E-state index in [9.17, 15) is 0 Å². The SMILES string of the molecule is CC(C)NC1(c2ncc3cc(Cl)ccc3n2)CC1. The number of benzene rings is 1. The third-order valence-electron chi connectivity index (χ3n) is 3.28. The molecule has 4 heteroatoms. The van der Waals surface area contributed by atoms with Crippen molar-refractivity contribution >= 4 is 22.5 Å². The molecular weight excluding hydrogens is 246 g/mol. The Morgan fingerprint density at radius 3 is 2.78 bits per heavy atom. The zero-order valence-corrected chi connectivity index (χ0v) is 11.3. The molecule has 0 unspecified atom stereocenters. The van der Waals surface area contributed by atoms with Crippen LogP contribution in [0.5, 0.6) is 0 Å². The van der Waals surface area contributed by atoms with Gasteiger partial charge >= 0.3 is 0 Å². The molecule has 18 heavy (non-hydrogen) atoms. The molecule has 0 saturated heterocycles. The molecule has 1 aromatic heterocycles. The van der Waals surface area contributed by atoms with Crippen LogP contribution in [0.15, 0.2) is 24.4 Å². The Balaban J connectivity index is 2.01. The first-order valence-electron chi connectivity index (χ1n) is 6.30. The number of aromatic nitrogens is 2. The van der Waals surface area contributed by atoms with Crippen molar-refractivity contribution in [2.45, 2.75) is 38.3 Å². The van der Waals surface area contributed by atoms with Gasteiger partial charge in [0, 0.05) is 22.6 Å². The summed E-state index contributed by atoms with van der Waals surface area (Å²) in [5, 5.41) is 5.29. The van der Waals surface area contributed by atoms with Gasteiger partial charge in [-0.1, -0.05) is 11.6 Å². The van der Waals surface area contributed by atoms with Crippen LogP contribution < -0.4 is 5.32 Å². The number of nitrogens with zero attached hydrogens (tertiary/aromatic N) is 2. The Labute approximate surface area is 112 Å². The minimum absolute atomic E-state index is 0.00198. The highest BCUT2D eigenvalue weighted by Crippen LogP contribution is 2.44. The van der Waals surface area contributed by atoms with E-state index in [1.54, 1.807) is 0 Å². The number of rotatable bonds is 3. The number of hydrogen-bond acceptors (Lipinski definition) is 3. The van der Waals surface area contributed by atoms with Crippen molar-refractivity contribution in [3.63, 3.8) is 0 Å². The van der Waals surface area contributed by atoms with Crippen molar-refractivity contribution in [3.8, 4) is 0 Å². The first-order valence-corrected chi connectivity index (χ1v) is 6.67. The van der Waals surface area contributed by atoms with Crippen molar-refractivity contribution in [3.05, 3.63) is 35.2 Å². The van der Waals surface area contributed by atoms with E-state index in [1.807, 2.05) is 24.4 Å². The van der Waals surface area contributed by atoms with Crippen LogP contribution in [0.4, 0.5) is 0 Å². The highest BCUT2D eigenvalue weighted by molar-refractivity contribution is 6.31. The van der Waals surface area contributed by atoms with Crippen LogP contribution >= 0.6 is 11.6 Å². The zero-order valence-electron chi connectivity index (χ0n) is 10.6. The van der Waals surface area contributed by atoms with Gasteiger partial charge in [0.25, 0.3) is 0 Å². The lowest BCUT2D eigenvalue weighted by molar-refractivity contribution is 0.442. The van der Waals surface area contributed by atoms with Crippen LogP contribution in [0.1, 0.15) is 32.5 Å². The molecule has 1 saturated carbocycles. The molecule has 1 aliphatic carbocycles. The van der Waals surface area contributed by atoms with E-state index in [0.717, 1.165) is 34.6 Å². The van der Waals surface area contributed by atoms with Gasteiger partial charge in [-0.2, -0.15) is 0 Å². The molecule has 1 fully saturated rings. The lowest BCUT2D eigenvalue weighted by atomic mass is 10.2. The van der Waals surface area contributed by atoms with Crippen LogP contribution in [0.2, 0.25) is 5.02 Å². The minimum atomic E-state index is 0.00198. The summed E-state index contributed by atoms with van der Waals surface area (Å²) in [5.74, 6) is 0.908. The standard InChI is InChI=1S/C14H16ClN3/c1-9(2)18-14(5-6-14)13-16-8-10-7-11(15)3-4-12(10)17-13/h3-4,7-9,18H,5-6H2,1-2H3. The van der Waals surface area contributed by atoms with Crippen LogP contribution in [0, 0.1) is 0 Å². The Bertz CT molecular complexity index is 591. The average Bonchev–Trinajstić information content (AvgIpc) is 3.08. The summed E-state index contributed by atoms with van der Waals surface area (Å²) >= 11 is 5.96. The topological polar surface area (TPSA) is 37.8 Å². The van der Waals surface area contributed by atoms with Crippen molar-refractivity contribution in [1.82, 2.24) is 15.3 Å². The fourth-order valence-corrected chi connectivity index (χ4v) is 2.53. The molecule has 3 nitrogen and oxygen atoms in total. The highest BCUT2D eigenvalue weighted by atomic mass is 35.5. The van der Waals surface area contributed by atoms with Crippen LogP contribution in [-0.2, 0) is 5.54 Å². The van der Waals surface area contributed by atoms with Crippen molar-refractivity contribution in [2.75, 3.05) is 0 Å². The minimum Gasteiger partial charge on any atom is -0.303 e. The molecule has 1 heterocycles. The quantitative estimate of drug-likeness (QED) is 0.922. The second-order valence-corrected chi connectivity index (χ2v) is 5.71. The average molecular weight is 262 g/mol. The summed E-state index contributed by atoms with van der Waals surface area (Å²) in [6.07, 6.45) is 4.10. The normalized spacial score (nSPS) is 17.3. The second kappa shape index (κ2) is 4.18. The third kappa shape index (κ3) is 2.08. The maximum absolute atomic E-state index is 5.96. The highest BCUT2D eigenvalue weighted by Gasteiger charge is 2.47. The monoisotopic (exact) mass is 261 g/mol. The van der Waals surface area contributed by atoms with E-state index in [-0.39, 0.29) is 5.54 Å². The molecule has 1 aromatic carbocycles. The maximum atomic E-state index is 5.96. The van der Waals surface area contributed by atoms with Crippen molar-refractivity contribution in [1.29, 1.82) is 0 Å². The first-order chi connectivity index (χ1) is 8.59. The summed E-state index contributed by atoms with van der Waals surface area (Å²) < 4.78 is 0. The molecule has 3 rings (SSSR count). The van der Waals surface area contributed by atoms with Gasteiger partial charge in [-0.25, -0.2) is 9.97 Å². The summed E-state index contributed by atoms with van der Waals surface area (Å²) in [4.78, 5) is 9.17. The van der Waals surface area contributed by atoms with Crippen LogP contribution in [-0.4, -0.2) is 16.0 Å². The molecule has 1 N–H and O–H groups in total. The zero-order chi connectivity index (χ0) is 12.8. The predicted molar refractivity (Wildman–Crippen MR) is 73.7 cm³/mol. The number of nitrogens with one attached hydrogen (secondary N) is 1. The molecule has 0 aliphatic heterocycles. The Hall–Kier alpha value is -1.19. The fourth-order valence-electron chi connectivity index (χ4n) is 2.34. The van der Waals surface area contributed by atoms with E-state index in [1.165, 1.54) is 0 Å². The number of fused-ring (bicyclic) bond motifs is 1. The lowest BCUT2D eigenvalue weighted by Gasteiger charge is -2.19. The molecule has 1 aliphatic rings. The van der Waals surface area contributed by atoms with E-state index >= 15 is 0 Å². The van der Waals surface area contributed by atoms with Gasteiger partial charge in [-0.15, -0.1) is 0 Å². The lowest BCUT2D eigenvalue weighted by Crippen LogP contribution is -2.36. The Kier molecular flexibility index (Phi) is 2.76. The van der Waals surface area contributed by atoms with E-state index in [0.29, 0.717) is 6.04 Å². The molecule has 0 spiro atoms. The van der Waals surface area contributed by atoms with Gasteiger partial charge in [0.15, 0.2) is 0 Å². The molecule has 0 atom stereocenters. The van der Waals surface area contributed by atoms with Gasteiger partial charge in [0.2, 0.25) is 0 Å². The summed E-state index contributed by atoms with van der Waals surface area (Å²) in [7, 11) is 0. The van der Waals surface area contributed by atoms with Gasteiger partial charge < -0.3 is 5.32 Å². The van der Waals surface area contributed by atoms with Gasteiger partial charge in [0.1, 0.15) is 5.82 Å². The van der Waals surface area contributed by atoms with E-state index in [2.05, 4.69) is 29.1 Å². The third-order valence-corrected chi connectivity index (χ3v) is 3.52. The summed E-state index contributed by atoms with van der Waals surface area (Å²) in [6, 6.07) is 6.16. The summed E-state index contributed by atoms with van der Waals surface area (Å²) in [5.41, 5.74) is 0.961. The summed E-state index contributed by atoms with van der Waals surface area (Å²) in [6.45, 7) is 4.31. The van der Waals surface area contributed by atoms with E-state index in [4.69, 9.17) is 11.6 Å².